The Labute approximate surface area is 166 Å². The molecule has 0 spiro atoms. The van der Waals surface area contributed by atoms with E-state index in [4.69, 9.17) is 9.15 Å². The van der Waals surface area contributed by atoms with Gasteiger partial charge in [0.15, 0.2) is 6.61 Å². The van der Waals surface area contributed by atoms with Gasteiger partial charge in [0.05, 0.1) is 17.0 Å². The van der Waals surface area contributed by atoms with Gasteiger partial charge in [0.25, 0.3) is 5.91 Å². The molecule has 0 radical (unpaired) electrons. The summed E-state index contributed by atoms with van der Waals surface area (Å²) in [7, 11) is 0. The molecule has 1 aromatic carbocycles. The van der Waals surface area contributed by atoms with Crippen molar-refractivity contribution in [1.82, 2.24) is 15.8 Å². The van der Waals surface area contributed by atoms with E-state index in [1.54, 1.807) is 13.0 Å². The maximum Gasteiger partial charge on any atom is 0.276 e. The van der Waals surface area contributed by atoms with Crippen LogP contribution < -0.4 is 15.6 Å². The van der Waals surface area contributed by atoms with Gasteiger partial charge in [-0.3, -0.25) is 20.4 Å². The first-order valence-electron chi connectivity index (χ1n) is 8.70. The molecule has 2 amide bonds. The Balaban J connectivity index is 1.46. The van der Waals surface area contributed by atoms with Crippen LogP contribution in [-0.2, 0) is 16.0 Å². The summed E-state index contributed by atoms with van der Waals surface area (Å²) in [5, 5.41) is 1.93. The Morgan fingerprint density at radius 3 is 2.61 bits per heavy atom. The number of carbonyl (C=O) groups excluding carboxylic acids is 2. The van der Waals surface area contributed by atoms with Gasteiger partial charge in [0, 0.05) is 0 Å². The third-order valence-corrected chi connectivity index (χ3v) is 5.00. The van der Waals surface area contributed by atoms with Gasteiger partial charge in [-0.1, -0.05) is 12.1 Å². The summed E-state index contributed by atoms with van der Waals surface area (Å²) in [4.78, 5) is 29.2. The summed E-state index contributed by atoms with van der Waals surface area (Å²) in [6.45, 7) is 5.52. The number of amides is 2. The Hall–Kier alpha value is -3.13. The Bertz CT molecular complexity index is 980. The quantitative estimate of drug-likeness (QED) is 0.621. The van der Waals surface area contributed by atoms with Crippen molar-refractivity contribution in [3.8, 4) is 16.5 Å². The number of ether oxygens (including phenoxy) is 1. The van der Waals surface area contributed by atoms with E-state index in [1.165, 1.54) is 11.3 Å². The highest BCUT2D eigenvalue weighted by atomic mass is 32.1. The van der Waals surface area contributed by atoms with E-state index >= 15 is 0 Å². The van der Waals surface area contributed by atoms with E-state index in [1.807, 2.05) is 43.5 Å². The molecule has 3 aromatic rings. The fourth-order valence-corrected chi connectivity index (χ4v) is 3.07. The molecule has 7 nitrogen and oxygen atoms in total. The number of nitrogens with zero attached hydrogens (tertiary/aromatic N) is 1. The predicted octanol–water partition coefficient (Wildman–Crippen LogP) is 3.10. The summed E-state index contributed by atoms with van der Waals surface area (Å²) in [5.74, 6) is 0.810. The van der Waals surface area contributed by atoms with Crippen molar-refractivity contribution in [2.75, 3.05) is 6.61 Å². The van der Waals surface area contributed by atoms with Gasteiger partial charge in [-0.05, 0) is 55.5 Å². The lowest BCUT2D eigenvalue weighted by Crippen LogP contribution is -2.44. The summed E-state index contributed by atoms with van der Waals surface area (Å²) in [5.41, 5.74) is 7.45. The first kappa shape index (κ1) is 19.6. The predicted molar refractivity (Wildman–Crippen MR) is 106 cm³/mol. The zero-order chi connectivity index (χ0) is 20.1. The molecular formula is C20H21N3O4S. The largest absolute Gasteiger partial charge is 0.484 e. The molecule has 0 fully saturated rings. The van der Waals surface area contributed by atoms with Crippen molar-refractivity contribution >= 4 is 23.2 Å². The molecule has 0 aliphatic carbocycles. The molecule has 0 atom stereocenters. The van der Waals surface area contributed by atoms with Crippen molar-refractivity contribution < 1.29 is 18.7 Å². The lowest BCUT2D eigenvalue weighted by molar-refractivity contribution is -0.129. The molecule has 0 aliphatic rings. The molecular weight excluding hydrogens is 378 g/mol. The van der Waals surface area contributed by atoms with Crippen LogP contribution in [0.5, 0.6) is 5.75 Å². The van der Waals surface area contributed by atoms with Gasteiger partial charge in [-0.25, -0.2) is 4.98 Å². The highest BCUT2D eigenvalue weighted by Crippen LogP contribution is 2.26. The van der Waals surface area contributed by atoms with Gasteiger partial charge in [0.2, 0.25) is 11.8 Å². The lowest BCUT2D eigenvalue weighted by Gasteiger charge is -2.09. The molecule has 3 rings (SSSR count). The zero-order valence-corrected chi connectivity index (χ0v) is 16.7. The number of thiophene rings is 1. The second-order valence-corrected chi connectivity index (χ2v) is 7.25. The maximum absolute atomic E-state index is 12.1. The summed E-state index contributed by atoms with van der Waals surface area (Å²) >= 11 is 1.51. The summed E-state index contributed by atoms with van der Waals surface area (Å²) < 4.78 is 11.0. The SMILES string of the molecule is Cc1ccc(OCC(=O)NNC(=O)Cc2nc(-c3cccs3)oc2C)cc1C. The molecule has 0 aliphatic heterocycles. The minimum atomic E-state index is -0.456. The minimum absolute atomic E-state index is 0.000990. The van der Waals surface area contributed by atoms with E-state index in [0.29, 0.717) is 23.1 Å². The van der Waals surface area contributed by atoms with Gasteiger partial charge in [0.1, 0.15) is 11.5 Å². The lowest BCUT2D eigenvalue weighted by atomic mass is 10.1. The van der Waals surface area contributed by atoms with E-state index in [-0.39, 0.29) is 13.0 Å². The van der Waals surface area contributed by atoms with Crippen molar-refractivity contribution in [3.05, 3.63) is 58.3 Å². The van der Waals surface area contributed by atoms with Crippen LogP contribution in [0.2, 0.25) is 0 Å². The number of hydrazine groups is 1. The molecule has 2 aromatic heterocycles. The number of nitrogens with one attached hydrogen (secondary N) is 2. The second-order valence-electron chi connectivity index (χ2n) is 6.31. The zero-order valence-electron chi connectivity index (χ0n) is 15.9. The standard InChI is InChI=1S/C20H21N3O4S/c1-12-6-7-15(9-13(12)2)26-11-19(25)23-22-18(24)10-16-14(3)27-20(21-16)17-5-4-8-28-17/h4-9H,10-11H2,1-3H3,(H,22,24)(H,23,25). The molecule has 0 saturated carbocycles. The van der Waals surface area contributed by atoms with E-state index in [2.05, 4.69) is 15.8 Å². The minimum Gasteiger partial charge on any atom is -0.484 e. The molecule has 146 valence electrons. The Morgan fingerprint density at radius 1 is 1.11 bits per heavy atom. The van der Waals surface area contributed by atoms with Crippen LogP contribution in [0.4, 0.5) is 0 Å². The summed E-state index contributed by atoms with van der Waals surface area (Å²) in [6, 6.07) is 9.39. The van der Waals surface area contributed by atoms with Crippen LogP contribution in [0.25, 0.3) is 10.8 Å². The Morgan fingerprint density at radius 2 is 1.89 bits per heavy atom. The second kappa shape index (κ2) is 8.71. The molecule has 0 bridgehead atoms. The molecule has 8 heteroatoms. The number of carbonyl (C=O) groups is 2. The van der Waals surface area contributed by atoms with Crippen LogP contribution in [0.3, 0.4) is 0 Å². The molecule has 28 heavy (non-hydrogen) atoms. The van der Waals surface area contributed by atoms with Crippen molar-refractivity contribution in [2.24, 2.45) is 0 Å². The first-order valence-corrected chi connectivity index (χ1v) is 9.58. The average Bonchev–Trinajstić information content (AvgIpc) is 3.31. The Kier molecular flexibility index (Phi) is 6.10. The first-order chi connectivity index (χ1) is 13.4. The number of hydrogen-bond acceptors (Lipinski definition) is 6. The highest BCUT2D eigenvalue weighted by molar-refractivity contribution is 7.13. The van der Waals surface area contributed by atoms with Crippen LogP contribution in [0.1, 0.15) is 22.6 Å². The number of benzene rings is 1. The fraction of sp³-hybridized carbons (Fsp3) is 0.250. The van der Waals surface area contributed by atoms with E-state index in [9.17, 15) is 9.59 Å². The topological polar surface area (TPSA) is 93.5 Å². The smallest absolute Gasteiger partial charge is 0.276 e. The number of hydrogen-bond donors (Lipinski definition) is 2. The van der Waals surface area contributed by atoms with Gasteiger partial charge >= 0.3 is 0 Å². The monoisotopic (exact) mass is 399 g/mol. The van der Waals surface area contributed by atoms with Crippen molar-refractivity contribution in [3.63, 3.8) is 0 Å². The normalized spacial score (nSPS) is 10.5. The van der Waals surface area contributed by atoms with E-state index in [0.717, 1.165) is 16.0 Å². The third kappa shape index (κ3) is 4.98. The van der Waals surface area contributed by atoms with Gasteiger partial charge in [-0.15, -0.1) is 11.3 Å². The molecule has 0 unspecified atom stereocenters. The van der Waals surface area contributed by atoms with Crippen LogP contribution in [0, 0.1) is 20.8 Å². The van der Waals surface area contributed by atoms with E-state index < -0.39 is 11.8 Å². The highest BCUT2D eigenvalue weighted by Gasteiger charge is 2.15. The number of rotatable bonds is 6. The fourth-order valence-electron chi connectivity index (χ4n) is 2.42. The number of oxazole rings is 1. The van der Waals surface area contributed by atoms with Crippen LogP contribution >= 0.6 is 11.3 Å². The number of aryl methyl sites for hydroxylation is 3. The van der Waals surface area contributed by atoms with Crippen molar-refractivity contribution in [2.45, 2.75) is 27.2 Å². The molecule has 2 heterocycles. The van der Waals surface area contributed by atoms with Gasteiger partial charge in [-0.2, -0.15) is 0 Å². The number of aromatic nitrogens is 1. The molecule has 0 saturated heterocycles. The van der Waals surface area contributed by atoms with Crippen LogP contribution in [0.15, 0.2) is 40.1 Å². The average molecular weight is 399 g/mol. The molecule has 2 N–H and O–H groups in total. The van der Waals surface area contributed by atoms with Crippen LogP contribution in [-0.4, -0.2) is 23.4 Å². The van der Waals surface area contributed by atoms with Gasteiger partial charge < -0.3 is 9.15 Å². The maximum atomic E-state index is 12.1. The van der Waals surface area contributed by atoms with Crippen molar-refractivity contribution in [1.29, 1.82) is 0 Å². The third-order valence-electron chi connectivity index (χ3n) is 4.14. The summed E-state index contributed by atoms with van der Waals surface area (Å²) in [6.07, 6.45) is -0.000990.